The number of thiazole rings is 1. The number of likely N-dealkylation sites (N-methyl/N-ethyl adjacent to an activating group) is 1. The van der Waals surface area contributed by atoms with Crippen LogP contribution in [0.3, 0.4) is 0 Å². The fourth-order valence-electron chi connectivity index (χ4n) is 3.35. The van der Waals surface area contributed by atoms with Crippen LogP contribution < -0.4 is 0 Å². The van der Waals surface area contributed by atoms with Gasteiger partial charge in [0.2, 0.25) is 0 Å². The molecule has 6 heteroatoms. The van der Waals surface area contributed by atoms with Crippen molar-refractivity contribution in [3.8, 4) is 0 Å². The Hall–Kier alpha value is -2.31. The Morgan fingerprint density at radius 1 is 1.25 bits per heavy atom. The summed E-state index contributed by atoms with van der Waals surface area (Å²) in [6, 6.07) is 8.44. The van der Waals surface area contributed by atoms with E-state index >= 15 is 0 Å². The summed E-state index contributed by atoms with van der Waals surface area (Å²) in [4.78, 5) is 19.4. The van der Waals surface area contributed by atoms with Gasteiger partial charge in [-0.25, -0.2) is 9.37 Å². The van der Waals surface area contributed by atoms with E-state index in [4.69, 9.17) is 0 Å². The number of aromatic nitrogens is 2. The lowest BCUT2D eigenvalue weighted by Gasteiger charge is -2.14. The molecule has 0 saturated carbocycles. The number of Topliss-reactive ketones (excluding diaryl/α,β-unsaturated/α-hetero) is 1. The van der Waals surface area contributed by atoms with E-state index in [1.807, 2.05) is 31.9 Å². The average Bonchev–Trinajstić information content (AvgIpc) is 3.22. The second-order valence-electron chi connectivity index (χ2n) is 7.18. The quantitative estimate of drug-likeness (QED) is 0.519. The number of rotatable bonds is 8. The summed E-state index contributed by atoms with van der Waals surface area (Å²) in [6.07, 6.45) is 0.938. The number of hydrogen-bond donors (Lipinski definition) is 0. The van der Waals surface area contributed by atoms with E-state index in [1.165, 1.54) is 12.1 Å². The number of benzene rings is 1. The molecule has 0 bridgehead atoms. The highest BCUT2D eigenvalue weighted by Crippen LogP contribution is 2.19. The number of hydrogen-bond acceptors (Lipinski definition) is 4. The highest BCUT2D eigenvalue weighted by Gasteiger charge is 2.18. The number of aryl methyl sites for hydroxylation is 2. The second kappa shape index (κ2) is 8.80. The minimum absolute atomic E-state index is 0.104. The van der Waals surface area contributed by atoms with Crippen LogP contribution in [0.15, 0.2) is 35.7 Å². The number of ketones is 1. The van der Waals surface area contributed by atoms with Crippen LogP contribution in [0.4, 0.5) is 4.39 Å². The molecule has 0 spiro atoms. The lowest BCUT2D eigenvalue weighted by atomic mass is 10.1. The van der Waals surface area contributed by atoms with Crippen LogP contribution in [0.25, 0.3) is 0 Å². The summed E-state index contributed by atoms with van der Waals surface area (Å²) in [7, 11) is 1.95. The molecule has 1 aromatic carbocycles. The molecule has 0 radical (unpaired) electrons. The van der Waals surface area contributed by atoms with Crippen LogP contribution in [0.5, 0.6) is 0 Å². The van der Waals surface area contributed by atoms with Crippen molar-refractivity contribution >= 4 is 17.1 Å². The highest BCUT2D eigenvalue weighted by molar-refractivity contribution is 7.09. The van der Waals surface area contributed by atoms with E-state index in [1.54, 1.807) is 23.5 Å². The van der Waals surface area contributed by atoms with Gasteiger partial charge in [0.05, 0.1) is 17.2 Å². The third-order valence-electron chi connectivity index (χ3n) is 4.88. The zero-order valence-electron chi connectivity index (χ0n) is 16.8. The molecule has 0 N–H and O–H groups in total. The van der Waals surface area contributed by atoms with Gasteiger partial charge in [0.15, 0.2) is 5.78 Å². The monoisotopic (exact) mass is 399 g/mol. The van der Waals surface area contributed by atoms with Crippen LogP contribution in [0.1, 0.15) is 44.9 Å². The molecular weight excluding hydrogens is 373 g/mol. The van der Waals surface area contributed by atoms with Crippen LogP contribution >= 0.6 is 11.3 Å². The number of nitrogens with zero attached hydrogens (tertiary/aromatic N) is 3. The summed E-state index contributed by atoms with van der Waals surface area (Å²) in [5.74, 6) is -0.137. The summed E-state index contributed by atoms with van der Waals surface area (Å²) in [5, 5.41) is 3.19. The van der Waals surface area contributed by atoms with Gasteiger partial charge in [-0.15, -0.1) is 11.3 Å². The van der Waals surface area contributed by atoms with E-state index in [0.29, 0.717) is 19.6 Å². The molecule has 0 unspecified atom stereocenters. The normalized spacial score (nSPS) is 11.4. The minimum Gasteiger partial charge on any atom is -0.344 e. The topological polar surface area (TPSA) is 38.1 Å². The molecule has 28 heavy (non-hydrogen) atoms. The van der Waals surface area contributed by atoms with Gasteiger partial charge in [-0.1, -0.05) is 19.1 Å². The maximum atomic E-state index is 13.1. The van der Waals surface area contributed by atoms with Gasteiger partial charge in [0.1, 0.15) is 5.82 Å². The number of halogens is 1. The fraction of sp³-hybridized carbons (Fsp3) is 0.364. The predicted molar refractivity (Wildman–Crippen MR) is 112 cm³/mol. The first-order valence-corrected chi connectivity index (χ1v) is 10.3. The van der Waals surface area contributed by atoms with Gasteiger partial charge in [0, 0.05) is 35.4 Å². The molecule has 2 aromatic heterocycles. The van der Waals surface area contributed by atoms with Crippen LogP contribution in [0, 0.1) is 19.7 Å². The molecule has 0 aliphatic carbocycles. The summed E-state index contributed by atoms with van der Waals surface area (Å²) >= 11 is 1.67. The van der Waals surface area contributed by atoms with Crippen LogP contribution in [-0.2, 0) is 19.5 Å². The molecular formula is C22H26FN3OS. The molecule has 0 amide bonds. The lowest BCUT2D eigenvalue weighted by Crippen LogP contribution is -2.26. The molecule has 3 rings (SSSR count). The zero-order valence-corrected chi connectivity index (χ0v) is 17.6. The van der Waals surface area contributed by atoms with Gasteiger partial charge >= 0.3 is 0 Å². The molecule has 0 fully saturated rings. The van der Waals surface area contributed by atoms with Gasteiger partial charge < -0.3 is 4.57 Å². The van der Waals surface area contributed by atoms with Crippen LogP contribution in [-0.4, -0.2) is 33.8 Å². The lowest BCUT2D eigenvalue weighted by molar-refractivity contribution is 0.0942. The molecule has 0 aliphatic rings. The first-order chi connectivity index (χ1) is 13.4. The second-order valence-corrected chi connectivity index (χ2v) is 8.12. The predicted octanol–water partition coefficient (Wildman–Crippen LogP) is 4.63. The fourth-order valence-corrected chi connectivity index (χ4v) is 4.08. The Bertz CT molecular complexity index is 959. The van der Waals surface area contributed by atoms with Crippen molar-refractivity contribution < 1.29 is 9.18 Å². The Kier molecular flexibility index (Phi) is 6.42. The first kappa shape index (κ1) is 20.4. The third-order valence-corrected chi connectivity index (χ3v) is 5.92. The minimum atomic E-state index is -0.241. The molecule has 148 valence electrons. The van der Waals surface area contributed by atoms with Crippen molar-refractivity contribution in [3.05, 3.63) is 74.7 Å². The third kappa shape index (κ3) is 4.75. The summed E-state index contributed by atoms with van der Waals surface area (Å²) in [6.45, 7) is 7.70. The standard InChI is InChI=1S/C22H26FN3OS/c1-5-22-24-19(14-28-22)12-25(4)13-21(27)20-10-15(2)26(16(20)3)11-17-6-8-18(23)9-7-17/h6-10,14H,5,11-13H2,1-4H3. The molecule has 4 nitrogen and oxygen atoms in total. The largest absolute Gasteiger partial charge is 0.344 e. The number of carbonyl (C=O) groups is 1. The average molecular weight is 400 g/mol. The van der Waals surface area contributed by atoms with E-state index in [2.05, 4.69) is 21.9 Å². The van der Waals surface area contributed by atoms with Gasteiger partial charge in [-0.05, 0) is 51.1 Å². The van der Waals surface area contributed by atoms with E-state index < -0.39 is 0 Å². The number of carbonyl (C=O) groups excluding carboxylic acids is 1. The molecule has 0 saturated heterocycles. The Labute approximate surface area is 169 Å². The smallest absolute Gasteiger partial charge is 0.178 e. The van der Waals surface area contributed by atoms with E-state index in [0.717, 1.165) is 39.6 Å². The Morgan fingerprint density at radius 2 is 1.96 bits per heavy atom. The molecule has 0 atom stereocenters. The summed E-state index contributed by atoms with van der Waals surface area (Å²) in [5.41, 5.74) is 4.74. The first-order valence-electron chi connectivity index (χ1n) is 9.43. The van der Waals surface area contributed by atoms with Crippen molar-refractivity contribution in [2.24, 2.45) is 0 Å². The Balaban J connectivity index is 1.68. The highest BCUT2D eigenvalue weighted by atomic mass is 32.1. The Morgan fingerprint density at radius 3 is 2.61 bits per heavy atom. The van der Waals surface area contributed by atoms with Gasteiger partial charge in [-0.2, -0.15) is 0 Å². The molecule has 2 heterocycles. The van der Waals surface area contributed by atoms with Gasteiger partial charge in [0.25, 0.3) is 0 Å². The summed E-state index contributed by atoms with van der Waals surface area (Å²) < 4.78 is 15.2. The van der Waals surface area contributed by atoms with E-state index in [-0.39, 0.29) is 11.6 Å². The zero-order chi connectivity index (χ0) is 20.3. The van der Waals surface area contributed by atoms with Crippen molar-refractivity contribution in [2.75, 3.05) is 13.6 Å². The van der Waals surface area contributed by atoms with Crippen molar-refractivity contribution in [2.45, 2.75) is 40.3 Å². The maximum Gasteiger partial charge on any atom is 0.178 e. The molecule has 3 aromatic rings. The van der Waals surface area contributed by atoms with Crippen molar-refractivity contribution in [1.82, 2.24) is 14.5 Å². The van der Waals surface area contributed by atoms with Crippen LogP contribution in [0.2, 0.25) is 0 Å². The SMILES string of the molecule is CCc1nc(CN(C)CC(=O)c2cc(C)n(Cc3ccc(F)cc3)c2C)cs1. The van der Waals surface area contributed by atoms with Crippen molar-refractivity contribution in [1.29, 1.82) is 0 Å². The van der Waals surface area contributed by atoms with E-state index in [9.17, 15) is 9.18 Å². The van der Waals surface area contributed by atoms with Crippen molar-refractivity contribution in [3.63, 3.8) is 0 Å². The molecule has 0 aliphatic heterocycles. The maximum absolute atomic E-state index is 13.1. The van der Waals surface area contributed by atoms with Gasteiger partial charge in [-0.3, -0.25) is 9.69 Å².